The highest BCUT2D eigenvalue weighted by molar-refractivity contribution is 7.12. The average Bonchev–Trinajstić information content (AvgIpc) is 2.81. The second kappa shape index (κ2) is 7.23. The molecule has 0 bridgehead atoms. The van der Waals surface area contributed by atoms with Gasteiger partial charge >= 0.3 is 0 Å². The van der Waals surface area contributed by atoms with E-state index in [0.717, 1.165) is 12.8 Å². The number of nitrogens with two attached hydrogens (primary N) is 1. The zero-order valence-electron chi connectivity index (χ0n) is 13.4. The Kier molecular flexibility index (Phi) is 6.21. The Morgan fingerprint density at radius 3 is 2.55 bits per heavy atom. The lowest BCUT2D eigenvalue weighted by Crippen LogP contribution is -2.30. The van der Waals surface area contributed by atoms with Crippen LogP contribution in [-0.2, 0) is 4.79 Å². The molecule has 0 aliphatic rings. The number of amides is 1. The predicted octanol–water partition coefficient (Wildman–Crippen LogP) is 3.73. The standard InChI is InChI=1S/C16H28N2OS/c1-12-6-7-14(20-12)13(2)18(5)15(19)8-9-16(3,4)10-11-17/h6-7,13H,8-11,17H2,1-5H3. The Balaban J connectivity index is 2.54. The Morgan fingerprint density at radius 1 is 1.40 bits per heavy atom. The van der Waals surface area contributed by atoms with E-state index in [9.17, 15) is 4.79 Å². The van der Waals surface area contributed by atoms with Crippen molar-refractivity contribution in [1.29, 1.82) is 0 Å². The third-order valence-corrected chi connectivity index (χ3v) is 5.15. The van der Waals surface area contributed by atoms with Crippen molar-refractivity contribution in [3.8, 4) is 0 Å². The minimum atomic E-state index is 0.147. The van der Waals surface area contributed by atoms with E-state index in [1.54, 1.807) is 11.3 Å². The molecule has 0 spiro atoms. The van der Waals surface area contributed by atoms with Crippen LogP contribution in [0.2, 0.25) is 0 Å². The lowest BCUT2D eigenvalue weighted by molar-refractivity contribution is -0.132. The summed E-state index contributed by atoms with van der Waals surface area (Å²) in [5.41, 5.74) is 5.76. The molecular formula is C16H28N2OS. The highest BCUT2D eigenvalue weighted by atomic mass is 32.1. The summed E-state index contributed by atoms with van der Waals surface area (Å²) in [4.78, 5) is 16.7. The molecule has 1 aromatic rings. The van der Waals surface area contributed by atoms with Crippen LogP contribution in [0.25, 0.3) is 0 Å². The molecule has 3 nitrogen and oxygen atoms in total. The predicted molar refractivity (Wildman–Crippen MR) is 86.9 cm³/mol. The summed E-state index contributed by atoms with van der Waals surface area (Å²) in [7, 11) is 1.90. The Hall–Kier alpha value is -0.870. The number of rotatable bonds is 7. The van der Waals surface area contributed by atoms with E-state index in [-0.39, 0.29) is 17.4 Å². The highest BCUT2D eigenvalue weighted by Crippen LogP contribution is 2.29. The maximum Gasteiger partial charge on any atom is 0.222 e. The van der Waals surface area contributed by atoms with Gasteiger partial charge < -0.3 is 10.6 Å². The molecule has 1 aromatic heterocycles. The van der Waals surface area contributed by atoms with Gasteiger partial charge in [0.15, 0.2) is 0 Å². The van der Waals surface area contributed by atoms with Gasteiger partial charge in [-0.3, -0.25) is 4.79 Å². The molecule has 1 heterocycles. The second-order valence-corrected chi connectivity index (χ2v) is 7.65. The molecular weight excluding hydrogens is 268 g/mol. The quantitative estimate of drug-likeness (QED) is 0.833. The number of thiophene rings is 1. The van der Waals surface area contributed by atoms with Gasteiger partial charge in [-0.2, -0.15) is 0 Å². The van der Waals surface area contributed by atoms with Crippen LogP contribution >= 0.6 is 11.3 Å². The summed E-state index contributed by atoms with van der Waals surface area (Å²) in [6.45, 7) is 9.23. The van der Waals surface area contributed by atoms with E-state index >= 15 is 0 Å². The van der Waals surface area contributed by atoms with Gasteiger partial charge in [-0.15, -0.1) is 11.3 Å². The maximum atomic E-state index is 12.3. The van der Waals surface area contributed by atoms with Crippen LogP contribution in [0.1, 0.15) is 55.8 Å². The van der Waals surface area contributed by atoms with Gasteiger partial charge in [0.25, 0.3) is 0 Å². The number of aryl methyl sites for hydroxylation is 1. The molecule has 0 saturated carbocycles. The van der Waals surface area contributed by atoms with Crippen molar-refractivity contribution in [3.05, 3.63) is 21.9 Å². The first-order valence-corrected chi connectivity index (χ1v) is 8.10. The van der Waals surface area contributed by atoms with Gasteiger partial charge in [-0.25, -0.2) is 0 Å². The minimum Gasteiger partial charge on any atom is -0.338 e. The van der Waals surface area contributed by atoms with E-state index in [2.05, 4.69) is 39.8 Å². The Labute approximate surface area is 127 Å². The maximum absolute atomic E-state index is 12.3. The number of carbonyl (C=O) groups is 1. The van der Waals surface area contributed by atoms with Gasteiger partial charge in [0.1, 0.15) is 0 Å². The first kappa shape index (κ1) is 17.2. The highest BCUT2D eigenvalue weighted by Gasteiger charge is 2.22. The number of nitrogens with zero attached hydrogens (tertiary/aromatic N) is 1. The van der Waals surface area contributed by atoms with Gasteiger partial charge in [0.2, 0.25) is 5.91 Å². The molecule has 1 unspecified atom stereocenters. The Morgan fingerprint density at radius 2 is 2.05 bits per heavy atom. The molecule has 0 aliphatic heterocycles. The third-order valence-electron chi connectivity index (χ3n) is 3.98. The van der Waals surface area contributed by atoms with E-state index in [0.29, 0.717) is 13.0 Å². The first-order chi connectivity index (χ1) is 9.26. The summed E-state index contributed by atoms with van der Waals surface area (Å²) < 4.78 is 0. The van der Waals surface area contributed by atoms with Crippen LogP contribution in [0.5, 0.6) is 0 Å². The number of carbonyl (C=O) groups excluding carboxylic acids is 1. The zero-order valence-corrected chi connectivity index (χ0v) is 14.2. The summed E-state index contributed by atoms with van der Waals surface area (Å²) >= 11 is 1.76. The van der Waals surface area contributed by atoms with Crippen molar-refractivity contribution in [2.24, 2.45) is 11.1 Å². The molecule has 2 N–H and O–H groups in total. The molecule has 1 atom stereocenters. The lowest BCUT2D eigenvalue weighted by atomic mass is 9.84. The normalized spacial score (nSPS) is 13.3. The van der Waals surface area contributed by atoms with Crippen LogP contribution in [0.4, 0.5) is 0 Å². The first-order valence-electron chi connectivity index (χ1n) is 7.29. The molecule has 0 saturated heterocycles. The van der Waals surface area contributed by atoms with Crippen LogP contribution in [0, 0.1) is 12.3 Å². The van der Waals surface area contributed by atoms with Crippen molar-refractivity contribution >= 4 is 17.2 Å². The molecule has 1 amide bonds. The fourth-order valence-electron chi connectivity index (χ4n) is 2.22. The van der Waals surface area contributed by atoms with Crippen molar-refractivity contribution in [1.82, 2.24) is 4.90 Å². The molecule has 0 fully saturated rings. The van der Waals surface area contributed by atoms with Crippen molar-refractivity contribution in [2.75, 3.05) is 13.6 Å². The zero-order chi connectivity index (χ0) is 15.3. The fraction of sp³-hybridized carbons (Fsp3) is 0.688. The summed E-state index contributed by atoms with van der Waals surface area (Å²) in [5.74, 6) is 0.216. The molecule has 1 rings (SSSR count). The van der Waals surface area contributed by atoms with Crippen LogP contribution in [-0.4, -0.2) is 24.4 Å². The van der Waals surface area contributed by atoms with Crippen molar-refractivity contribution < 1.29 is 4.79 Å². The third kappa shape index (κ3) is 4.91. The largest absolute Gasteiger partial charge is 0.338 e. The molecule has 0 radical (unpaired) electrons. The molecule has 114 valence electrons. The van der Waals surface area contributed by atoms with Crippen molar-refractivity contribution in [3.63, 3.8) is 0 Å². The monoisotopic (exact) mass is 296 g/mol. The smallest absolute Gasteiger partial charge is 0.222 e. The Bertz CT molecular complexity index is 439. The van der Waals surface area contributed by atoms with Gasteiger partial charge in [0.05, 0.1) is 6.04 Å². The van der Waals surface area contributed by atoms with Gasteiger partial charge in [-0.05, 0) is 50.8 Å². The van der Waals surface area contributed by atoms with E-state index in [4.69, 9.17) is 5.73 Å². The SMILES string of the molecule is Cc1ccc(C(C)N(C)C(=O)CCC(C)(C)CCN)s1. The van der Waals surface area contributed by atoms with Crippen molar-refractivity contribution in [2.45, 2.75) is 53.0 Å². The van der Waals surface area contributed by atoms with E-state index < -0.39 is 0 Å². The average molecular weight is 296 g/mol. The lowest BCUT2D eigenvalue weighted by Gasteiger charge is -2.27. The van der Waals surface area contributed by atoms with E-state index in [1.165, 1.54) is 9.75 Å². The fourth-order valence-corrected chi connectivity index (χ4v) is 3.19. The summed E-state index contributed by atoms with van der Waals surface area (Å²) in [6, 6.07) is 4.38. The molecule has 20 heavy (non-hydrogen) atoms. The summed E-state index contributed by atoms with van der Waals surface area (Å²) in [6.07, 6.45) is 2.45. The van der Waals surface area contributed by atoms with Crippen LogP contribution in [0.15, 0.2) is 12.1 Å². The van der Waals surface area contributed by atoms with E-state index in [1.807, 2.05) is 11.9 Å². The van der Waals surface area contributed by atoms with Crippen LogP contribution in [0.3, 0.4) is 0 Å². The number of hydrogen-bond donors (Lipinski definition) is 1. The molecule has 4 heteroatoms. The van der Waals surface area contributed by atoms with Gasteiger partial charge in [0, 0.05) is 23.2 Å². The van der Waals surface area contributed by atoms with Crippen LogP contribution < -0.4 is 5.73 Å². The van der Waals surface area contributed by atoms with Gasteiger partial charge in [-0.1, -0.05) is 13.8 Å². The molecule has 0 aromatic carbocycles. The number of hydrogen-bond acceptors (Lipinski definition) is 3. The topological polar surface area (TPSA) is 46.3 Å². The second-order valence-electron chi connectivity index (χ2n) is 6.33. The summed E-state index contributed by atoms with van der Waals surface area (Å²) in [5, 5.41) is 0. The minimum absolute atomic E-state index is 0.147. The molecule has 0 aliphatic carbocycles.